The highest BCUT2D eigenvalue weighted by atomic mass is 32.2. The second kappa shape index (κ2) is 12.4. The first-order chi connectivity index (χ1) is 21.7. The number of benzene rings is 3. The second-order valence-electron chi connectivity index (χ2n) is 10.6. The molecule has 230 valence electrons. The normalized spacial score (nSPS) is 18.7. The third-order valence-corrected chi connectivity index (χ3v) is 10.4. The van der Waals surface area contributed by atoms with Gasteiger partial charge in [0, 0.05) is 16.5 Å². The van der Waals surface area contributed by atoms with Gasteiger partial charge < -0.3 is 14.8 Å². The molecule has 0 radical (unpaired) electrons. The van der Waals surface area contributed by atoms with Gasteiger partial charge in [-0.1, -0.05) is 52.9 Å². The molecule has 2 aliphatic rings. The smallest absolute Gasteiger partial charge is 0.338 e. The van der Waals surface area contributed by atoms with Crippen LogP contribution in [0.5, 0.6) is 5.75 Å². The Balaban J connectivity index is 1.34. The van der Waals surface area contributed by atoms with Crippen molar-refractivity contribution in [2.24, 2.45) is 5.92 Å². The number of hydrogen-bond acceptors (Lipinski definition) is 9. The van der Waals surface area contributed by atoms with Crippen LogP contribution in [0.15, 0.2) is 82.6 Å². The first-order valence-electron chi connectivity index (χ1n) is 14.3. The molecule has 3 atom stereocenters. The van der Waals surface area contributed by atoms with Crippen molar-refractivity contribution in [3.63, 3.8) is 0 Å². The van der Waals surface area contributed by atoms with E-state index in [1.165, 1.54) is 9.47 Å². The fourth-order valence-electron chi connectivity index (χ4n) is 5.62. The predicted molar refractivity (Wildman–Crippen MR) is 171 cm³/mol. The molecule has 0 saturated carbocycles. The summed E-state index contributed by atoms with van der Waals surface area (Å²) in [6, 6.07) is 20.7. The first kappa shape index (κ1) is 30.4. The average molecular weight is 644 g/mol. The largest absolute Gasteiger partial charge is 0.497 e. The molecule has 12 heteroatoms. The van der Waals surface area contributed by atoms with Gasteiger partial charge in [-0.05, 0) is 67.9 Å². The van der Waals surface area contributed by atoms with E-state index in [0.717, 1.165) is 34.2 Å². The number of aromatic nitrogens is 1. The number of esters is 1. The molecule has 0 bridgehead atoms. The third-order valence-electron chi connectivity index (χ3n) is 7.80. The van der Waals surface area contributed by atoms with Crippen LogP contribution in [0.2, 0.25) is 0 Å². The van der Waals surface area contributed by atoms with Gasteiger partial charge in [-0.3, -0.25) is 23.7 Å². The van der Waals surface area contributed by atoms with Crippen LogP contribution in [0, 0.1) is 12.8 Å². The fourth-order valence-corrected chi connectivity index (χ4v) is 8.40. The van der Waals surface area contributed by atoms with Crippen LogP contribution in [0.25, 0.3) is 0 Å². The molecule has 3 aromatic carbocycles. The summed E-state index contributed by atoms with van der Waals surface area (Å²) in [7, 11) is 1.56. The summed E-state index contributed by atoms with van der Waals surface area (Å²) in [5.41, 5.74) is 3.05. The number of amides is 3. The number of ether oxygens (including phenoxy) is 2. The topological polar surface area (TPSA) is 124 Å². The zero-order valence-electron chi connectivity index (χ0n) is 24.6. The van der Waals surface area contributed by atoms with Crippen LogP contribution in [0.4, 0.5) is 11.4 Å². The number of anilines is 2. The van der Waals surface area contributed by atoms with Gasteiger partial charge >= 0.3 is 10.8 Å². The Labute approximate surface area is 267 Å². The van der Waals surface area contributed by atoms with Gasteiger partial charge in [-0.25, -0.2) is 9.69 Å². The van der Waals surface area contributed by atoms with Crippen LogP contribution < -0.4 is 19.8 Å². The lowest BCUT2D eigenvalue weighted by Crippen LogP contribution is -2.33. The molecule has 0 aliphatic carbocycles. The van der Waals surface area contributed by atoms with E-state index in [0.29, 0.717) is 32.6 Å². The number of nitrogens with one attached hydrogen (secondary N) is 1. The number of rotatable bonds is 8. The Morgan fingerprint density at radius 2 is 1.60 bits per heavy atom. The average Bonchev–Trinajstić information content (AvgIpc) is 3.48. The molecule has 3 heterocycles. The van der Waals surface area contributed by atoms with E-state index in [1.54, 1.807) is 62.6 Å². The molecule has 1 aromatic heterocycles. The maximum Gasteiger partial charge on any atom is 0.338 e. The molecule has 2 aliphatic heterocycles. The molecule has 3 amide bonds. The van der Waals surface area contributed by atoms with Crippen molar-refractivity contribution in [1.82, 2.24) is 4.57 Å². The number of carbonyl (C=O) groups excluding carboxylic acids is 4. The van der Waals surface area contributed by atoms with Gasteiger partial charge in [0.05, 0.1) is 35.9 Å². The lowest BCUT2D eigenvalue weighted by atomic mass is 9.83. The van der Waals surface area contributed by atoms with Crippen molar-refractivity contribution in [1.29, 1.82) is 0 Å². The maximum atomic E-state index is 14.0. The van der Waals surface area contributed by atoms with Gasteiger partial charge in [0.2, 0.25) is 17.7 Å². The molecule has 4 aromatic rings. The summed E-state index contributed by atoms with van der Waals surface area (Å²) in [4.78, 5) is 67.9. The van der Waals surface area contributed by atoms with Gasteiger partial charge in [0.25, 0.3) is 0 Å². The van der Waals surface area contributed by atoms with E-state index < -0.39 is 29.0 Å². The Morgan fingerprint density at radius 1 is 0.911 bits per heavy atom. The molecule has 0 spiro atoms. The number of methoxy groups -OCH3 is 1. The lowest BCUT2D eigenvalue weighted by molar-refractivity contribution is -0.122. The van der Waals surface area contributed by atoms with Crippen molar-refractivity contribution < 1.29 is 28.7 Å². The minimum atomic E-state index is -0.794. The molecular weight excluding hydrogens is 615 g/mol. The predicted octanol–water partition coefficient (Wildman–Crippen LogP) is 4.84. The molecule has 10 nitrogen and oxygen atoms in total. The van der Waals surface area contributed by atoms with Gasteiger partial charge in [0.1, 0.15) is 17.5 Å². The van der Waals surface area contributed by atoms with Crippen molar-refractivity contribution in [2.45, 2.75) is 36.6 Å². The van der Waals surface area contributed by atoms with Gasteiger partial charge in [0.15, 0.2) is 0 Å². The molecule has 1 saturated heterocycles. The summed E-state index contributed by atoms with van der Waals surface area (Å²) in [6.07, 6.45) is 0. The third kappa shape index (κ3) is 5.67. The molecule has 1 fully saturated rings. The van der Waals surface area contributed by atoms with Crippen LogP contribution in [-0.4, -0.2) is 47.2 Å². The number of imide groups is 1. The zero-order chi connectivity index (χ0) is 31.8. The monoisotopic (exact) mass is 643 g/mol. The highest BCUT2D eigenvalue weighted by molar-refractivity contribution is 8.00. The Bertz CT molecular complexity index is 1850. The summed E-state index contributed by atoms with van der Waals surface area (Å²) < 4.78 is 11.7. The lowest BCUT2D eigenvalue weighted by Gasteiger charge is -2.30. The van der Waals surface area contributed by atoms with Crippen molar-refractivity contribution >= 4 is 58.2 Å². The Kier molecular flexibility index (Phi) is 8.34. The minimum absolute atomic E-state index is 0.250. The number of aryl methyl sites for hydroxylation is 1. The van der Waals surface area contributed by atoms with E-state index in [1.807, 2.05) is 31.2 Å². The fraction of sp³-hybridized carbons (Fsp3) is 0.242. The number of thiazole rings is 1. The summed E-state index contributed by atoms with van der Waals surface area (Å²) in [5, 5.41) is 2.46. The van der Waals surface area contributed by atoms with Gasteiger partial charge in [-0.2, -0.15) is 0 Å². The van der Waals surface area contributed by atoms with Crippen LogP contribution in [0.1, 0.15) is 39.2 Å². The quantitative estimate of drug-likeness (QED) is 0.214. The first-order valence-corrected chi connectivity index (χ1v) is 16.0. The molecular formula is C33H29N3O7S2. The number of hydrogen-bond donors (Lipinski definition) is 1. The number of carbonyl (C=O) groups is 4. The number of nitrogens with zero attached hydrogens (tertiary/aromatic N) is 2. The standard InChI is InChI=1S/C33H29N3O7S2/c1-4-43-32(40)20-7-11-21(12-8-20)34-24(37)17-35-31-28(45-33(35)41)25(19-9-15-23(42-3)16-10-19)26-27(44-31)30(39)36(29(26)38)22-13-5-18(2)6-14-22/h5-16,25-27H,4,17H2,1-3H3,(H,34,37)/t25-,26?,27?/m1/s1. The summed E-state index contributed by atoms with van der Waals surface area (Å²) >= 11 is 2.14. The highest BCUT2D eigenvalue weighted by Gasteiger charge is 2.56. The molecule has 1 N–H and O–H groups in total. The van der Waals surface area contributed by atoms with Crippen LogP contribution >= 0.6 is 23.1 Å². The van der Waals surface area contributed by atoms with E-state index in [4.69, 9.17) is 9.47 Å². The number of thioether (sulfide) groups is 1. The van der Waals surface area contributed by atoms with E-state index >= 15 is 0 Å². The number of fused-ring (bicyclic) bond motifs is 2. The van der Waals surface area contributed by atoms with Crippen LogP contribution in [0.3, 0.4) is 0 Å². The molecule has 45 heavy (non-hydrogen) atoms. The second-order valence-corrected chi connectivity index (χ2v) is 12.8. The maximum absolute atomic E-state index is 14.0. The van der Waals surface area contributed by atoms with E-state index in [9.17, 15) is 24.0 Å². The minimum Gasteiger partial charge on any atom is -0.497 e. The zero-order valence-corrected chi connectivity index (χ0v) is 26.3. The summed E-state index contributed by atoms with van der Waals surface area (Å²) in [5.74, 6) is -2.31. The highest BCUT2D eigenvalue weighted by Crippen LogP contribution is 2.54. The molecule has 6 rings (SSSR count). The van der Waals surface area contributed by atoms with Crippen molar-refractivity contribution in [3.05, 3.63) is 104 Å². The van der Waals surface area contributed by atoms with E-state index in [2.05, 4.69) is 5.32 Å². The van der Waals surface area contributed by atoms with E-state index in [-0.39, 0.29) is 29.8 Å². The Morgan fingerprint density at radius 3 is 2.24 bits per heavy atom. The molecule has 2 unspecified atom stereocenters. The van der Waals surface area contributed by atoms with Crippen molar-refractivity contribution in [3.8, 4) is 5.75 Å². The van der Waals surface area contributed by atoms with Crippen molar-refractivity contribution in [2.75, 3.05) is 23.9 Å². The van der Waals surface area contributed by atoms with Gasteiger partial charge in [-0.15, -0.1) is 0 Å². The summed E-state index contributed by atoms with van der Waals surface area (Å²) in [6.45, 7) is 3.60. The SMILES string of the molecule is CCOC(=O)c1ccc(NC(=O)Cn2c3c(sc2=O)[C@H](c2ccc(OC)cc2)C2C(=O)N(c4ccc(C)cc4)C(=O)C2S3)cc1. The van der Waals surface area contributed by atoms with Crippen LogP contribution in [-0.2, 0) is 25.7 Å². The Hall–Kier alpha value is -4.68.